The van der Waals surface area contributed by atoms with Crippen LogP contribution in [0.1, 0.15) is 5.69 Å². The molecule has 0 atom stereocenters. The number of hydrogen-bond donors (Lipinski definition) is 1. The summed E-state index contributed by atoms with van der Waals surface area (Å²) in [7, 11) is 0. The van der Waals surface area contributed by atoms with E-state index in [-0.39, 0.29) is 5.75 Å². The van der Waals surface area contributed by atoms with Gasteiger partial charge in [0.05, 0.1) is 23.8 Å². The van der Waals surface area contributed by atoms with Gasteiger partial charge in [0.2, 0.25) is 0 Å². The van der Waals surface area contributed by atoms with Crippen LogP contribution in [0.5, 0.6) is 5.75 Å². The number of aryl methyl sites for hydroxylation is 1. The Morgan fingerprint density at radius 3 is 2.64 bits per heavy atom. The Morgan fingerprint density at radius 2 is 2.00 bits per heavy atom. The smallest absolute Gasteiger partial charge is 0.136 e. The molecule has 2 heterocycles. The number of hydrogen-bond acceptors (Lipinski definition) is 4. The van der Waals surface area contributed by atoms with Crippen LogP contribution in [-0.4, -0.2) is 20.3 Å². The minimum absolute atomic E-state index is 0.204. The lowest BCUT2D eigenvalue weighted by atomic mass is 10.2. The summed E-state index contributed by atoms with van der Waals surface area (Å²) in [6.07, 6.45) is 3.25. The van der Waals surface area contributed by atoms with E-state index in [9.17, 15) is 5.11 Å². The maximum Gasteiger partial charge on any atom is 0.136 e. The normalized spacial score (nSPS) is 10.1. The summed E-state index contributed by atoms with van der Waals surface area (Å²) in [6.45, 7) is 1.76. The molecule has 0 radical (unpaired) electrons. The van der Waals surface area contributed by atoms with E-state index in [1.54, 1.807) is 31.5 Å². The fourth-order valence-corrected chi connectivity index (χ4v) is 1.16. The first-order chi connectivity index (χ1) is 6.77. The first-order valence-corrected chi connectivity index (χ1v) is 4.21. The topological polar surface area (TPSA) is 58.9 Å². The zero-order valence-corrected chi connectivity index (χ0v) is 7.68. The second kappa shape index (κ2) is 3.41. The van der Waals surface area contributed by atoms with Crippen LogP contribution in [0, 0.1) is 6.92 Å². The van der Waals surface area contributed by atoms with Gasteiger partial charge < -0.3 is 5.11 Å². The Morgan fingerprint density at radius 1 is 1.14 bits per heavy atom. The Balaban J connectivity index is 2.48. The molecule has 70 valence electrons. The Labute approximate surface area is 81.3 Å². The second-order valence-electron chi connectivity index (χ2n) is 2.93. The van der Waals surface area contributed by atoms with Crippen LogP contribution in [0.15, 0.2) is 30.6 Å². The molecule has 14 heavy (non-hydrogen) atoms. The quantitative estimate of drug-likeness (QED) is 0.735. The summed E-state index contributed by atoms with van der Waals surface area (Å²) >= 11 is 0. The molecule has 0 saturated heterocycles. The summed E-state index contributed by atoms with van der Waals surface area (Å²) in [5.74, 6) is 0.204. The van der Waals surface area contributed by atoms with Crippen LogP contribution >= 0.6 is 0 Å². The lowest BCUT2D eigenvalue weighted by molar-refractivity contribution is 0.468. The average Bonchev–Trinajstić information content (AvgIpc) is 2.23. The number of aromatic hydroxyl groups is 1. The third-order valence-corrected chi connectivity index (χ3v) is 1.94. The molecule has 4 nitrogen and oxygen atoms in total. The van der Waals surface area contributed by atoms with Gasteiger partial charge in [0, 0.05) is 5.56 Å². The number of nitrogens with zero attached hydrogens (tertiary/aromatic N) is 3. The van der Waals surface area contributed by atoms with E-state index in [0.717, 1.165) is 11.3 Å². The maximum absolute atomic E-state index is 9.30. The monoisotopic (exact) mass is 187 g/mol. The van der Waals surface area contributed by atoms with Crippen LogP contribution < -0.4 is 0 Å². The summed E-state index contributed by atoms with van der Waals surface area (Å²) in [5.41, 5.74) is 2.29. The molecular weight excluding hydrogens is 178 g/mol. The fraction of sp³-hybridized carbons (Fsp3) is 0.100. The summed E-state index contributed by atoms with van der Waals surface area (Å²) < 4.78 is 0. The van der Waals surface area contributed by atoms with Crippen LogP contribution in [0.3, 0.4) is 0 Å². The Hall–Kier alpha value is -1.97. The van der Waals surface area contributed by atoms with Crippen LogP contribution in [0.25, 0.3) is 11.3 Å². The predicted octanol–water partition coefficient (Wildman–Crippen LogP) is 1.55. The second-order valence-corrected chi connectivity index (χ2v) is 2.93. The minimum Gasteiger partial charge on any atom is -0.506 e. The molecule has 0 amide bonds. The van der Waals surface area contributed by atoms with Crippen molar-refractivity contribution in [2.24, 2.45) is 0 Å². The van der Waals surface area contributed by atoms with Crippen molar-refractivity contribution in [3.63, 3.8) is 0 Å². The van der Waals surface area contributed by atoms with Crippen molar-refractivity contribution < 1.29 is 5.11 Å². The highest BCUT2D eigenvalue weighted by molar-refractivity contribution is 5.58. The van der Waals surface area contributed by atoms with E-state index in [4.69, 9.17) is 0 Å². The summed E-state index contributed by atoms with van der Waals surface area (Å²) in [6, 6.07) is 5.20. The molecule has 0 unspecified atom stereocenters. The molecule has 0 aromatic carbocycles. The van der Waals surface area contributed by atoms with Gasteiger partial charge in [-0.25, -0.2) is 4.98 Å². The van der Waals surface area contributed by atoms with Gasteiger partial charge in [0.1, 0.15) is 5.75 Å². The molecule has 2 aromatic heterocycles. The van der Waals surface area contributed by atoms with Crippen molar-refractivity contribution in [3.05, 3.63) is 36.3 Å². The van der Waals surface area contributed by atoms with Crippen LogP contribution in [0.2, 0.25) is 0 Å². The molecular formula is C10H9N3O. The van der Waals surface area contributed by atoms with Crippen LogP contribution in [0.4, 0.5) is 0 Å². The van der Waals surface area contributed by atoms with Gasteiger partial charge in [-0.2, -0.15) is 10.2 Å². The highest BCUT2D eigenvalue weighted by Gasteiger charge is 2.02. The summed E-state index contributed by atoms with van der Waals surface area (Å²) in [5, 5.41) is 16.7. The largest absolute Gasteiger partial charge is 0.506 e. The van der Waals surface area contributed by atoms with Gasteiger partial charge in [0.15, 0.2) is 0 Å². The lowest BCUT2D eigenvalue weighted by Gasteiger charge is -2.02. The van der Waals surface area contributed by atoms with Crippen molar-refractivity contribution in [1.29, 1.82) is 0 Å². The van der Waals surface area contributed by atoms with E-state index in [0.29, 0.717) is 5.69 Å². The fourth-order valence-electron chi connectivity index (χ4n) is 1.16. The molecule has 0 aliphatic heterocycles. The minimum atomic E-state index is 0.204. The standard InChI is InChI=1S/C10H9N3O/c1-7-10(14)3-2-9(13-7)8-4-5-11-12-6-8/h2-6,14H,1H3. The first kappa shape index (κ1) is 8.62. The molecule has 0 saturated carbocycles. The third-order valence-electron chi connectivity index (χ3n) is 1.94. The van der Waals surface area contributed by atoms with Crippen molar-refractivity contribution in [2.45, 2.75) is 6.92 Å². The predicted molar refractivity (Wildman–Crippen MR) is 51.7 cm³/mol. The lowest BCUT2D eigenvalue weighted by Crippen LogP contribution is -1.88. The molecule has 0 aliphatic carbocycles. The van der Waals surface area contributed by atoms with Gasteiger partial charge in [-0.3, -0.25) is 0 Å². The molecule has 0 bridgehead atoms. The average molecular weight is 187 g/mol. The van der Waals surface area contributed by atoms with E-state index in [1.165, 1.54) is 0 Å². The van der Waals surface area contributed by atoms with Crippen LogP contribution in [-0.2, 0) is 0 Å². The summed E-state index contributed by atoms with van der Waals surface area (Å²) in [4.78, 5) is 4.23. The van der Waals surface area contributed by atoms with E-state index in [2.05, 4.69) is 15.2 Å². The van der Waals surface area contributed by atoms with E-state index >= 15 is 0 Å². The SMILES string of the molecule is Cc1nc(-c2ccnnc2)ccc1O. The molecule has 0 fully saturated rings. The number of aromatic nitrogens is 3. The van der Waals surface area contributed by atoms with Crippen molar-refractivity contribution in [1.82, 2.24) is 15.2 Å². The maximum atomic E-state index is 9.30. The number of pyridine rings is 1. The molecule has 2 rings (SSSR count). The number of rotatable bonds is 1. The Bertz CT molecular complexity index is 442. The third kappa shape index (κ3) is 1.54. The Kier molecular flexibility index (Phi) is 2.10. The first-order valence-electron chi connectivity index (χ1n) is 4.21. The van der Waals surface area contributed by atoms with E-state index in [1.807, 2.05) is 6.07 Å². The van der Waals surface area contributed by atoms with Crippen molar-refractivity contribution in [2.75, 3.05) is 0 Å². The van der Waals surface area contributed by atoms with Gasteiger partial charge in [0.25, 0.3) is 0 Å². The van der Waals surface area contributed by atoms with Gasteiger partial charge in [-0.05, 0) is 25.1 Å². The van der Waals surface area contributed by atoms with Gasteiger partial charge in [-0.15, -0.1) is 0 Å². The molecule has 4 heteroatoms. The zero-order valence-electron chi connectivity index (χ0n) is 7.68. The highest BCUT2D eigenvalue weighted by Crippen LogP contribution is 2.20. The van der Waals surface area contributed by atoms with Crippen molar-refractivity contribution >= 4 is 0 Å². The zero-order chi connectivity index (χ0) is 9.97. The molecule has 0 spiro atoms. The van der Waals surface area contributed by atoms with Gasteiger partial charge >= 0.3 is 0 Å². The highest BCUT2D eigenvalue weighted by atomic mass is 16.3. The molecule has 1 N–H and O–H groups in total. The van der Waals surface area contributed by atoms with E-state index < -0.39 is 0 Å². The van der Waals surface area contributed by atoms with Crippen molar-refractivity contribution in [3.8, 4) is 17.0 Å². The molecule has 0 aliphatic rings. The van der Waals surface area contributed by atoms with Gasteiger partial charge in [-0.1, -0.05) is 0 Å². The molecule has 2 aromatic rings.